The number of aliphatic hydroxyl groups is 1. The highest BCUT2D eigenvalue weighted by atomic mass is 16.6. The highest BCUT2D eigenvalue weighted by molar-refractivity contribution is 5.71. The Balaban J connectivity index is 2.72. The van der Waals surface area contributed by atoms with Gasteiger partial charge in [-0.2, -0.15) is 0 Å². The molecule has 6 nitrogen and oxygen atoms in total. The Bertz CT molecular complexity index is 236. The maximum Gasteiger partial charge on any atom is 0.306 e. The summed E-state index contributed by atoms with van der Waals surface area (Å²) in [5.41, 5.74) is 8.10. The summed E-state index contributed by atoms with van der Waals surface area (Å²) in [5.74, 6) is -0.440. The van der Waals surface area contributed by atoms with E-state index in [-0.39, 0.29) is 6.42 Å². The average molecular weight is 171 g/mol. The second kappa shape index (κ2) is 3.42. The third-order valence-corrected chi connectivity index (χ3v) is 1.77. The van der Waals surface area contributed by atoms with Gasteiger partial charge in [0.15, 0.2) is 0 Å². The third kappa shape index (κ3) is 1.66. The molecule has 66 valence electrons. The van der Waals surface area contributed by atoms with Crippen molar-refractivity contribution in [2.24, 2.45) is 5.11 Å². The molecule has 0 aromatic heterocycles. The van der Waals surface area contributed by atoms with Gasteiger partial charge in [0.1, 0.15) is 6.10 Å². The Morgan fingerprint density at radius 2 is 2.50 bits per heavy atom. The van der Waals surface area contributed by atoms with Crippen LogP contribution in [0.4, 0.5) is 0 Å². The molecule has 0 aromatic rings. The molecule has 1 saturated heterocycles. The van der Waals surface area contributed by atoms with E-state index in [4.69, 9.17) is 10.3 Å². The number of esters is 1. The summed E-state index contributed by atoms with van der Waals surface area (Å²) >= 11 is 0. The predicted octanol–water partition coefficient (Wildman–Crippen LogP) is 0.362. The Kier molecular flexibility index (Phi) is 2.52. The molecule has 1 N–H and O–H groups in total. The fraction of sp³-hybridized carbons (Fsp3) is 0.833. The molecule has 6 heteroatoms. The molecule has 0 unspecified atom stereocenters. The van der Waals surface area contributed by atoms with Gasteiger partial charge in [-0.1, -0.05) is 5.11 Å². The maximum atomic E-state index is 10.8. The molecule has 0 amide bonds. The first-order valence-electron chi connectivity index (χ1n) is 3.57. The molecule has 1 heterocycles. The molecule has 0 aliphatic carbocycles. The van der Waals surface area contributed by atoms with Crippen molar-refractivity contribution in [2.45, 2.75) is 31.6 Å². The summed E-state index contributed by atoms with van der Waals surface area (Å²) in [6.07, 6.45) is -1.53. The molecule has 0 saturated carbocycles. The van der Waals surface area contributed by atoms with E-state index < -0.39 is 24.2 Å². The first-order chi connectivity index (χ1) is 5.65. The van der Waals surface area contributed by atoms with Crippen LogP contribution < -0.4 is 0 Å². The standard InChI is InChI=1S/C6H9N3O3/c1-3-6(11)4(8-9-7)2-5(10)12-3/h3-4,6,11H,2H2,1H3/t3-,4-,6+/m0/s1. The molecule has 1 rings (SSSR count). The number of azide groups is 1. The lowest BCUT2D eigenvalue weighted by Gasteiger charge is -2.28. The van der Waals surface area contributed by atoms with Gasteiger partial charge < -0.3 is 9.84 Å². The number of rotatable bonds is 1. The fourth-order valence-electron chi connectivity index (χ4n) is 1.10. The molecule has 3 atom stereocenters. The topological polar surface area (TPSA) is 95.3 Å². The minimum Gasteiger partial charge on any atom is -0.460 e. The second-order valence-electron chi connectivity index (χ2n) is 2.66. The van der Waals surface area contributed by atoms with Crippen molar-refractivity contribution >= 4 is 5.97 Å². The van der Waals surface area contributed by atoms with Crippen LogP contribution in [0.25, 0.3) is 10.4 Å². The van der Waals surface area contributed by atoms with Crippen LogP contribution in [0, 0.1) is 0 Å². The van der Waals surface area contributed by atoms with Gasteiger partial charge in [0.05, 0.1) is 18.6 Å². The van der Waals surface area contributed by atoms with Crippen molar-refractivity contribution in [1.82, 2.24) is 0 Å². The summed E-state index contributed by atoms with van der Waals surface area (Å²) in [6.45, 7) is 1.56. The van der Waals surface area contributed by atoms with Gasteiger partial charge in [-0.05, 0) is 12.5 Å². The number of aliphatic hydroxyl groups excluding tert-OH is 1. The lowest BCUT2D eigenvalue weighted by molar-refractivity contribution is -0.163. The Hall–Kier alpha value is -1.26. The number of carbonyl (C=O) groups excluding carboxylic acids is 1. The zero-order valence-corrected chi connectivity index (χ0v) is 6.54. The minimum atomic E-state index is -0.890. The van der Waals surface area contributed by atoms with Crippen LogP contribution in [0.15, 0.2) is 5.11 Å². The molecular formula is C6H9N3O3. The molecule has 1 fully saturated rings. The van der Waals surface area contributed by atoms with E-state index in [0.717, 1.165) is 0 Å². The molecule has 12 heavy (non-hydrogen) atoms. The van der Waals surface area contributed by atoms with Crippen LogP contribution in [0.1, 0.15) is 13.3 Å². The van der Waals surface area contributed by atoms with Crippen molar-refractivity contribution in [3.63, 3.8) is 0 Å². The van der Waals surface area contributed by atoms with E-state index in [1.807, 2.05) is 0 Å². The van der Waals surface area contributed by atoms with Crippen molar-refractivity contribution < 1.29 is 14.6 Å². The highest BCUT2D eigenvalue weighted by Gasteiger charge is 2.33. The third-order valence-electron chi connectivity index (χ3n) is 1.77. The van der Waals surface area contributed by atoms with E-state index in [2.05, 4.69) is 10.0 Å². The smallest absolute Gasteiger partial charge is 0.306 e. The lowest BCUT2D eigenvalue weighted by Crippen LogP contribution is -2.43. The van der Waals surface area contributed by atoms with Gasteiger partial charge in [-0.3, -0.25) is 4.79 Å². The van der Waals surface area contributed by atoms with Crippen LogP contribution in [-0.4, -0.2) is 29.3 Å². The van der Waals surface area contributed by atoms with E-state index in [1.54, 1.807) is 6.92 Å². The first kappa shape index (κ1) is 8.83. The highest BCUT2D eigenvalue weighted by Crippen LogP contribution is 2.18. The van der Waals surface area contributed by atoms with Crippen LogP contribution in [0.3, 0.4) is 0 Å². The fourth-order valence-corrected chi connectivity index (χ4v) is 1.10. The number of carbonyl (C=O) groups is 1. The molecule has 0 radical (unpaired) electrons. The summed E-state index contributed by atoms with van der Waals surface area (Å²) < 4.78 is 4.70. The SMILES string of the molecule is C[C@@H]1OC(=O)C[C@H](N=[N+]=[N-])[C@@H]1O. The summed E-state index contributed by atoms with van der Waals surface area (Å²) in [7, 11) is 0. The first-order valence-corrected chi connectivity index (χ1v) is 3.57. The van der Waals surface area contributed by atoms with E-state index in [0.29, 0.717) is 0 Å². The van der Waals surface area contributed by atoms with Gasteiger partial charge >= 0.3 is 5.97 Å². The van der Waals surface area contributed by atoms with Crippen LogP contribution in [-0.2, 0) is 9.53 Å². The van der Waals surface area contributed by atoms with Crippen molar-refractivity contribution in [1.29, 1.82) is 0 Å². The monoisotopic (exact) mass is 171 g/mol. The lowest BCUT2D eigenvalue weighted by atomic mass is 10.0. The molecule has 0 bridgehead atoms. The molecule has 1 aliphatic rings. The number of hydrogen-bond acceptors (Lipinski definition) is 4. The number of hydrogen-bond donors (Lipinski definition) is 1. The van der Waals surface area contributed by atoms with Gasteiger partial charge in [0.2, 0.25) is 0 Å². The molecule has 1 aliphatic heterocycles. The maximum absolute atomic E-state index is 10.8. The number of nitrogens with zero attached hydrogens (tertiary/aromatic N) is 3. The largest absolute Gasteiger partial charge is 0.460 e. The number of cyclic esters (lactones) is 1. The summed E-state index contributed by atoms with van der Waals surface area (Å²) in [6, 6.07) is -0.689. The van der Waals surface area contributed by atoms with Gasteiger partial charge in [0, 0.05) is 4.91 Å². The van der Waals surface area contributed by atoms with E-state index >= 15 is 0 Å². The second-order valence-corrected chi connectivity index (χ2v) is 2.66. The Labute approximate surface area is 68.8 Å². The normalized spacial score (nSPS) is 35.2. The van der Waals surface area contributed by atoms with Crippen LogP contribution >= 0.6 is 0 Å². The van der Waals surface area contributed by atoms with Gasteiger partial charge in [-0.25, -0.2) is 0 Å². The Morgan fingerprint density at radius 3 is 3.08 bits per heavy atom. The van der Waals surface area contributed by atoms with E-state index in [1.165, 1.54) is 0 Å². The average Bonchev–Trinajstić information content (AvgIpc) is 2.00. The number of ether oxygens (including phenoxy) is 1. The van der Waals surface area contributed by atoms with Crippen molar-refractivity contribution in [3.8, 4) is 0 Å². The van der Waals surface area contributed by atoms with Crippen molar-refractivity contribution in [2.75, 3.05) is 0 Å². The summed E-state index contributed by atoms with van der Waals surface area (Å²) in [5, 5.41) is 12.6. The minimum absolute atomic E-state index is 0.0461. The van der Waals surface area contributed by atoms with E-state index in [9.17, 15) is 9.90 Å². The van der Waals surface area contributed by atoms with Gasteiger partial charge in [-0.15, -0.1) is 0 Å². The van der Waals surface area contributed by atoms with Crippen LogP contribution in [0.5, 0.6) is 0 Å². The quantitative estimate of drug-likeness (QED) is 0.267. The molecular weight excluding hydrogens is 162 g/mol. The molecule has 0 spiro atoms. The van der Waals surface area contributed by atoms with Crippen molar-refractivity contribution in [3.05, 3.63) is 10.4 Å². The molecule has 0 aromatic carbocycles. The Morgan fingerprint density at radius 1 is 1.83 bits per heavy atom. The van der Waals surface area contributed by atoms with Crippen LogP contribution in [0.2, 0.25) is 0 Å². The zero-order valence-electron chi connectivity index (χ0n) is 6.54. The zero-order chi connectivity index (χ0) is 9.14. The summed E-state index contributed by atoms with van der Waals surface area (Å²) in [4.78, 5) is 13.3. The predicted molar refractivity (Wildman–Crippen MR) is 39.1 cm³/mol. The van der Waals surface area contributed by atoms with Gasteiger partial charge in [0.25, 0.3) is 0 Å².